The van der Waals surface area contributed by atoms with Gasteiger partial charge in [-0.3, -0.25) is 0 Å². The van der Waals surface area contributed by atoms with E-state index in [2.05, 4.69) is 12.2 Å². The minimum absolute atomic E-state index is 0.101. The van der Waals surface area contributed by atoms with Gasteiger partial charge in [0.2, 0.25) is 6.29 Å². The number of rotatable bonds is 1. The number of hydrogen-bond donors (Lipinski definition) is 0. The topological polar surface area (TPSA) is 44.8 Å². The fraction of sp³-hybridized carbons (Fsp3) is 0.545. The van der Waals surface area contributed by atoms with E-state index in [0.29, 0.717) is 18.1 Å². The maximum atomic E-state index is 11.5. The highest BCUT2D eigenvalue weighted by Crippen LogP contribution is 2.46. The van der Waals surface area contributed by atoms with Crippen molar-refractivity contribution >= 4 is 5.97 Å². The van der Waals surface area contributed by atoms with Crippen LogP contribution in [-0.4, -0.2) is 26.0 Å². The molecule has 0 bridgehead atoms. The fourth-order valence-electron chi connectivity index (χ4n) is 2.60. The number of ether oxygens (including phenoxy) is 3. The van der Waals surface area contributed by atoms with E-state index in [9.17, 15) is 4.79 Å². The zero-order valence-electron chi connectivity index (χ0n) is 8.38. The Bertz CT molecular complexity index is 358. The number of methoxy groups -OCH3 is 1. The first-order chi connectivity index (χ1) is 7.31. The van der Waals surface area contributed by atoms with Crippen molar-refractivity contribution < 1.29 is 19.0 Å². The monoisotopic (exact) mass is 208 g/mol. The molecule has 0 amide bonds. The Morgan fingerprint density at radius 2 is 2.40 bits per heavy atom. The van der Waals surface area contributed by atoms with E-state index in [4.69, 9.17) is 14.2 Å². The second kappa shape index (κ2) is 3.10. The summed E-state index contributed by atoms with van der Waals surface area (Å²) in [6, 6.07) is 0. The number of esters is 1. The Labute approximate surface area is 87.5 Å². The third kappa shape index (κ3) is 1.14. The van der Waals surface area contributed by atoms with Gasteiger partial charge in [-0.25, -0.2) is 4.79 Å². The van der Waals surface area contributed by atoms with E-state index in [0.717, 1.165) is 0 Å². The molecule has 1 saturated heterocycles. The number of carbonyl (C=O) groups excluding carboxylic acids is 1. The molecule has 1 fully saturated rings. The van der Waals surface area contributed by atoms with Crippen molar-refractivity contribution in [2.75, 3.05) is 13.7 Å². The van der Waals surface area contributed by atoms with Crippen molar-refractivity contribution in [2.24, 2.45) is 17.8 Å². The molecule has 2 heterocycles. The van der Waals surface area contributed by atoms with Crippen LogP contribution in [0.1, 0.15) is 0 Å². The van der Waals surface area contributed by atoms with Gasteiger partial charge in [-0.05, 0) is 0 Å². The average molecular weight is 208 g/mol. The van der Waals surface area contributed by atoms with Gasteiger partial charge in [-0.15, -0.1) is 0 Å². The van der Waals surface area contributed by atoms with E-state index in [-0.39, 0.29) is 24.1 Å². The zero-order valence-corrected chi connectivity index (χ0v) is 8.38. The molecular formula is C11H12O4. The second-order valence-electron chi connectivity index (χ2n) is 4.05. The molecule has 4 nitrogen and oxygen atoms in total. The van der Waals surface area contributed by atoms with Crippen molar-refractivity contribution in [1.29, 1.82) is 0 Å². The highest BCUT2D eigenvalue weighted by molar-refractivity contribution is 5.89. The van der Waals surface area contributed by atoms with Gasteiger partial charge < -0.3 is 14.2 Å². The summed E-state index contributed by atoms with van der Waals surface area (Å²) in [7, 11) is 1.39. The second-order valence-corrected chi connectivity index (χ2v) is 4.05. The van der Waals surface area contributed by atoms with Crippen LogP contribution in [-0.2, 0) is 19.0 Å². The molecule has 3 unspecified atom stereocenters. The molecule has 0 aromatic heterocycles. The van der Waals surface area contributed by atoms with Crippen LogP contribution in [0, 0.1) is 17.8 Å². The molecule has 3 rings (SSSR count). The maximum Gasteiger partial charge on any atom is 0.337 e. The maximum absolute atomic E-state index is 11.5. The molecule has 15 heavy (non-hydrogen) atoms. The highest BCUT2D eigenvalue weighted by atomic mass is 16.7. The van der Waals surface area contributed by atoms with Gasteiger partial charge in [-0.2, -0.15) is 0 Å². The third-order valence-corrected chi connectivity index (χ3v) is 3.35. The van der Waals surface area contributed by atoms with Crippen LogP contribution in [0.4, 0.5) is 0 Å². The van der Waals surface area contributed by atoms with Crippen LogP contribution >= 0.6 is 0 Å². The summed E-state index contributed by atoms with van der Waals surface area (Å²) in [5.74, 6) is 0.428. The zero-order chi connectivity index (χ0) is 10.4. The summed E-state index contributed by atoms with van der Waals surface area (Å²) in [4.78, 5) is 11.5. The quantitative estimate of drug-likeness (QED) is 0.473. The highest BCUT2D eigenvalue weighted by Gasteiger charge is 2.49. The first-order valence-corrected chi connectivity index (χ1v) is 5.05. The van der Waals surface area contributed by atoms with Crippen molar-refractivity contribution in [2.45, 2.75) is 6.29 Å². The van der Waals surface area contributed by atoms with Crippen LogP contribution in [0.15, 0.2) is 24.0 Å². The van der Waals surface area contributed by atoms with E-state index >= 15 is 0 Å². The Morgan fingerprint density at radius 1 is 1.53 bits per heavy atom. The van der Waals surface area contributed by atoms with Crippen molar-refractivity contribution in [3.63, 3.8) is 0 Å². The van der Waals surface area contributed by atoms with Gasteiger partial charge in [0, 0.05) is 17.8 Å². The molecule has 3 aliphatic rings. The summed E-state index contributed by atoms with van der Waals surface area (Å²) in [6.07, 6.45) is 5.47. The number of hydrogen-bond acceptors (Lipinski definition) is 4. The van der Waals surface area contributed by atoms with Crippen LogP contribution in [0.3, 0.4) is 0 Å². The van der Waals surface area contributed by atoms with Gasteiger partial charge in [0.15, 0.2) is 0 Å². The molecule has 2 aliphatic heterocycles. The molecule has 4 atom stereocenters. The van der Waals surface area contributed by atoms with Crippen LogP contribution < -0.4 is 0 Å². The number of carbonyl (C=O) groups is 1. The van der Waals surface area contributed by atoms with Crippen molar-refractivity contribution in [1.82, 2.24) is 0 Å². The molecule has 0 spiro atoms. The molecule has 80 valence electrons. The molecule has 0 radical (unpaired) electrons. The largest absolute Gasteiger partial charge is 0.472 e. The van der Waals surface area contributed by atoms with Gasteiger partial charge in [0.25, 0.3) is 0 Å². The van der Waals surface area contributed by atoms with Gasteiger partial charge in [0.05, 0.1) is 25.6 Å². The van der Waals surface area contributed by atoms with E-state index in [1.165, 1.54) is 13.4 Å². The van der Waals surface area contributed by atoms with Crippen LogP contribution in [0.5, 0.6) is 0 Å². The SMILES string of the molecule is COC(=O)C1=CO[C@@H]2OCC3C=CC1C32. The number of allylic oxidation sites excluding steroid dienone is 1. The first-order valence-electron chi connectivity index (χ1n) is 5.05. The molecule has 0 aromatic rings. The minimum atomic E-state index is -0.310. The average Bonchev–Trinajstić information content (AvgIpc) is 2.86. The van der Waals surface area contributed by atoms with E-state index < -0.39 is 0 Å². The first kappa shape index (κ1) is 8.97. The Morgan fingerprint density at radius 3 is 3.20 bits per heavy atom. The summed E-state index contributed by atoms with van der Waals surface area (Å²) in [6.45, 7) is 0.685. The standard InChI is InChI=1S/C11H12O4/c1-13-10(12)8-5-15-11-9-6(4-14-11)2-3-7(8)9/h2-3,5-7,9,11H,4H2,1H3/t6?,7?,9?,11-/m0/s1. The Hall–Kier alpha value is -1.29. The fourth-order valence-corrected chi connectivity index (χ4v) is 2.60. The molecule has 0 N–H and O–H groups in total. The molecule has 0 aromatic carbocycles. The van der Waals surface area contributed by atoms with E-state index in [1.807, 2.05) is 0 Å². The van der Waals surface area contributed by atoms with Crippen molar-refractivity contribution in [3.05, 3.63) is 24.0 Å². The smallest absolute Gasteiger partial charge is 0.337 e. The Kier molecular flexibility index (Phi) is 1.85. The van der Waals surface area contributed by atoms with E-state index in [1.54, 1.807) is 0 Å². The third-order valence-electron chi connectivity index (χ3n) is 3.35. The summed E-state index contributed by atoms with van der Waals surface area (Å²) >= 11 is 0. The molecule has 4 heteroatoms. The lowest BCUT2D eigenvalue weighted by Gasteiger charge is -2.29. The van der Waals surface area contributed by atoms with Gasteiger partial charge >= 0.3 is 5.97 Å². The normalized spacial score (nSPS) is 40.7. The van der Waals surface area contributed by atoms with Gasteiger partial charge in [0.1, 0.15) is 0 Å². The van der Waals surface area contributed by atoms with Crippen molar-refractivity contribution in [3.8, 4) is 0 Å². The van der Waals surface area contributed by atoms with Crippen LogP contribution in [0.2, 0.25) is 0 Å². The van der Waals surface area contributed by atoms with Crippen LogP contribution in [0.25, 0.3) is 0 Å². The lowest BCUT2D eigenvalue weighted by molar-refractivity contribution is -0.140. The predicted molar refractivity (Wildman–Crippen MR) is 50.5 cm³/mol. The summed E-state index contributed by atoms with van der Waals surface area (Å²) in [5.41, 5.74) is 0.600. The molecular weight excluding hydrogens is 196 g/mol. The molecule has 0 saturated carbocycles. The minimum Gasteiger partial charge on any atom is -0.472 e. The lowest BCUT2D eigenvalue weighted by Crippen LogP contribution is -2.32. The lowest BCUT2D eigenvalue weighted by atomic mass is 9.84. The van der Waals surface area contributed by atoms with Gasteiger partial charge in [-0.1, -0.05) is 12.2 Å². The summed E-state index contributed by atoms with van der Waals surface area (Å²) in [5, 5.41) is 0. The Balaban J connectivity index is 1.94. The molecule has 1 aliphatic carbocycles. The summed E-state index contributed by atoms with van der Waals surface area (Å²) < 4.78 is 15.6. The predicted octanol–water partition coefficient (Wildman–Crippen LogP) is 0.848.